The number of sulfone groups is 1. The first-order valence-corrected chi connectivity index (χ1v) is 10.2. The van der Waals surface area contributed by atoms with Crippen molar-refractivity contribution in [3.05, 3.63) is 34.9 Å². The summed E-state index contributed by atoms with van der Waals surface area (Å²) < 4.78 is 101. The van der Waals surface area contributed by atoms with Gasteiger partial charge in [-0.2, -0.15) is 38.1 Å². The fraction of sp³-hybridized carbons (Fsp3) is 0.500. The molecule has 1 aliphatic rings. The van der Waals surface area contributed by atoms with Crippen LogP contribution in [0.4, 0.5) is 26.3 Å². The van der Waals surface area contributed by atoms with Gasteiger partial charge in [-0.05, 0) is 18.2 Å². The lowest BCUT2D eigenvalue weighted by Gasteiger charge is -2.34. The van der Waals surface area contributed by atoms with Gasteiger partial charge in [-0.25, -0.2) is 8.42 Å². The minimum atomic E-state index is -5.09. The highest BCUT2D eigenvalue weighted by Gasteiger charge is 2.40. The number of carbonyl (C=O) groups is 1. The van der Waals surface area contributed by atoms with E-state index in [-0.39, 0.29) is 18.4 Å². The summed E-state index contributed by atoms with van der Waals surface area (Å²) in [7, 11) is -3.77. The molecule has 0 saturated carbocycles. The maximum Gasteiger partial charge on any atom is 0.416 e. The van der Waals surface area contributed by atoms with Crippen LogP contribution in [0.5, 0.6) is 0 Å². The molecule has 1 amide bonds. The lowest BCUT2D eigenvalue weighted by atomic mass is 10.0. The molecular weight excluding hydrogens is 408 g/mol. The van der Waals surface area contributed by atoms with Gasteiger partial charge in [0.15, 0.2) is 9.84 Å². The van der Waals surface area contributed by atoms with Crippen LogP contribution in [-0.4, -0.2) is 48.9 Å². The molecule has 0 spiro atoms. The maximum atomic E-state index is 12.9. The largest absolute Gasteiger partial charge is 0.416 e. The van der Waals surface area contributed by atoms with Crippen molar-refractivity contribution in [1.29, 1.82) is 0 Å². The molecule has 0 radical (unpaired) electrons. The van der Waals surface area contributed by atoms with Gasteiger partial charge in [-0.3, -0.25) is 4.79 Å². The van der Waals surface area contributed by atoms with Crippen LogP contribution in [0.1, 0.15) is 21.5 Å². The number of thioether (sulfide) groups is 1. The molecule has 1 heterocycles. The van der Waals surface area contributed by atoms with Crippen molar-refractivity contribution in [2.45, 2.75) is 17.7 Å². The van der Waals surface area contributed by atoms with E-state index in [0.717, 1.165) is 11.2 Å². The monoisotopic (exact) mass is 421 g/mol. The zero-order chi connectivity index (χ0) is 19.9. The van der Waals surface area contributed by atoms with Crippen LogP contribution in [0.25, 0.3) is 0 Å². The molecule has 26 heavy (non-hydrogen) atoms. The number of halogens is 6. The third-order valence-electron chi connectivity index (χ3n) is 3.67. The van der Waals surface area contributed by atoms with Crippen molar-refractivity contribution < 1.29 is 39.6 Å². The Morgan fingerprint density at radius 3 is 2.00 bits per heavy atom. The van der Waals surface area contributed by atoms with Gasteiger partial charge in [0.05, 0.1) is 11.1 Å². The topological polar surface area (TPSA) is 54.5 Å². The zero-order valence-corrected chi connectivity index (χ0v) is 14.8. The second kappa shape index (κ2) is 6.95. The third kappa shape index (κ3) is 4.64. The molecule has 4 nitrogen and oxygen atoms in total. The second-order valence-corrected chi connectivity index (χ2v) is 9.01. The van der Waals surface area contributed by atoms with Crippen molar-refractivity contribution in [2.75, 3.05) is 24.3 Å². The van der Waals surface area contributed by atoms with Crippen molar-refractivity contribution in [2.24, 2.45) is 0 Å². The SMILES string of the molecule is CS(=O)(=O)[C@H]1CSCCN1C(=O)c1cc(C(F)(F)F)cc(C(F)(F)F)c1. The quantitative estimate of drug-likeness (QED) is 0.688. The van der Waals surface area contributed by atoms with E-state index in [9.17, 15) is 39.6 Å². The molecule has 12 heteroatoms. The molecule has 0 unspecified atom stereocenters. The number of hydrogen-bond donors (Lipinski definition) is 0. The van der Waals surface area contributed by atoms with Crippen LogP contribution in [0.2, 0.25) is 0 Å². The van der Waals surface area contributed by atoms with Crippen molar-refractivity contribution in [3.8, 4) is 0 Å². The van der Waals surface area contributed by atoms with Crippen LogP contribution in [0.3, 0.4) is 0 Å². The Morgan fingerprint density at radius 1 is 1.08 bits per heavy atom. The fourth-order valence-corrected chi connectivity index (χ4v) is 5.23. The van der Waals surface area contributed by atoms with Crippen molar-refractivity contribution in [1.82, 2.24) is 4.90 Å². The molecule has 1 aromatic carbocycles. The van der Waals surface area contributed by atoms with Gasteiger partial charge in [0.2, 0.25) is 0 Å². The Hall–Kier alpha value is -1.43. The average molecular weight is 421 g/mol. The van der Waals surface area contributed by atoms with Crippen LogP contribution < -0.4 is 0 Å². The smallest absolute Gasteiger partial charge is 0.320 e. The van der Waals surface area contributed by atoms with E-state index in [1.165, 1.54) is 11.8 Å². The highest BCUT2D eigenvalue weighted by molar-refractivity contribution is 8.00. The average Bonchev–Trinajstić information content (AvgIpc) is 2.51. The van der Waals surface area contributed by atoms with Crippen molar-refractivity contribution in [3.63, 3.8) is 0 Å². The molecule has 2 rings (SSSR count). The molecular formula is C14H13F6NO3S2. The number of benzene rings is 1. The number of carbonyl (C=O) groups excluding carboxylic acids is 1. The maximum absolute atomic E-state index is 12.9. The third-order valence-corrected chi connectivity index (χ3v) is 6.32. The van der Waals surface area contributed by atoms with E-state index in [1.807, 2.05) is 0 Å². The van der Waals surface area contributed by atoms with Gasteiger partial charge in [0.1, 0.15) is 5.37 Å². The van der Waals surface area contributed by atoms with Crippen molar-refractivity contribution >= 4 is 27.5 Å². The minimum absolute atomic E-state index is 0.00430. The summed E-state index contributed by atoms with van der Waals surface area (Å²) in [6.07, 6.45) is -9.33. The summed E-state index contributed by atoms with van der Waals surface area (Å²) in [4.78, 5) is 13.3. The molecule has 1 aromatic rings. The number of amides is 1. The molecule has 1 saturated heterocycles. The van der Waals surface area contributed by atoms with E-state index in [1.54, 1.807) is 0 Å². The number of nitrogens with zero attached hydrogens (tertiary/aromatic N) is 1. The standard InChI is InChI=1S/C14H13F6NO3S2/c1-26(23,24)11-7-25-3-2-21(11)12(22)8-4-9(13(15,16)17)6-10(5-8)14(18,19)20/h4-6,11H,2-3,7H2,1H3/t11-/m0/s1. The normalized spacial score (nSPS) is 19.5. The first-order chi connectivity index (χ1) is 11.7. The molecule has 1 atom stereocenters. The summed E-state index contributed by atoms with van der Waals surface area (Å²) in [6, 6.07) is 0.522. The Kier molecular flexibility index (Phi) is 5.58. The first kappa shape index (κ1) is 20.9. The van der Waals surface area contributed by atoms with Gasteiger partial charge in [-0.15, -0.1) is 0 Å². The van der Waals surface area contributed by atoms with Gasteiger partial charge in [0, 0.05) is 29.9 Å². The first-order valence-electron chi connectivity index (χ1n) is 7.08. The van der Waals surface area contributed by atoms with E-state index < -0.39 is 50.2 Å². The second-order valence-electron chi connectivity index (χ2n) is 5.65. The Balaban J connectivity index is 2.54. The summed E-state index contributed by atoms with van der Waals surface area (Å²) in [5, 5.41) is -1.31. The Labute approximate surface area is 149 Å². The minimum Gasteiger partial charge on any atom is -0.320 e. The summed E-state index contributed by atoms with van der Waals surface area (Å²) >= 11 is 1.23. The number of rotatable bonds is 2. The van der Waals surface area contributed by atoms with E-state index in [0.29, 0.717) is 17.9 Å². The number of alkyl halides is 6. The molecule has 0 aliphatic carbocycles. The molecule has 1 fully saturated rings. The number of hydrogen-bond acceptors (Lipinski definition) is 4. The predicted molar refractivity (Wildman–Crippen MR) is 83.4 cm³/mol. The van der Waals surface area contributed by atoms with Gasteiger partial charge in [0.25, 0.3) is 5.91 Å². The Bertz CT molecular complexity index is 772. The summed E-state index contributed by atoms with van der Waals surface area (Å²) in [5.41, 5.74) is -4.11. The zero-order valence-electron chi connectivity index (χ0n) is 13.2. The van der Waals surface area contributed by atoms with Crippen LogP contribution >= 0.6 is 11.8 Å². The van der Waals surface area contributed by atoms with Crippen LogP contribution in [0.15, 0.2) is 18.2 Å². The van der Waals surface area contributed by atoms with E-state index in [2.05, 4.69) is 0 Å². The summed E-state index contributed by atoms with van der Waals surface area (Å²) in [6.45, 7) is -0.0984. The molecule has 0 bridgehead atoms. The lowest BCUT2D eigenvalue weighted by molar-refractivity contribution is -0.143. The van der Waals surface area contributed by atoms with Gasteiger partial charge < -0.3 is 4.90 Å². The van der Waals surface area contributed by atoms with Gasteiger partial charge >= 0.3 is 12.4 Å². The molecule has 146 valence electrons. The van der Waals surface area contributed by atoms with Crippen LogP contribution in [-0.2, 0) is 22.2 Å². The molecule has 0 aromatic heterocycles. The highest BCUT2D eigenvalue weighted by atomic mass is 32.2. The van der Waals surface area contributed by atoms with Gasteiger partial charge in [-0.1, -0.05) is 0 Å². The fourth-order valence-electron chi connectivity index (χ4n) is 2.41. The van der Waals surface area contributed by atoms with Crippen LogP contribution in [0, 0.1) is 0 Å². The Morgan fingerprint density at radius 2 is 1.58 bits per heavy atom. The lowest BCUT2D eigenvalue weighted by Crippen LogP contribution is -2.50. The predicted octanol–water partition coefficient (Wildman–Crippen LogP) is 3.28. The molecule has 1 aliphatic heterocycles. The molecule has 0 N–H and O–H groups in total. The van der Waals surface area contributed by atoms with E-state index in [4.69, 9.17) is 0 Å². The highest BCUT2D eigenvalue weighted by Crippen LogP contribution is 2.37. The van der Waals surface area contributed by atoms with E-state index >= 15 is 0 Å². The summed E-state index contributed by atoms with van der Waals surface area (Å²) in [5.74, 6) is -0.865.